The average Bonchev–Trinajstić information content (AvgIpc) is 3.35. The first-order valence-electron chi connectivity index (χ1n) is 7.58. The lowest BCUT2D eigenvalue weighted by Gasteiger charge is -2.01. The lowest BCUT2D eigenvalue weighted by molar-refractivity contribution is 0.102. The summed E-state index contributed by atoms with van der Waals surface area (Å²) in [7, 11) is 0. The summed E-state index contributed by atoms with van der Waals surface area (Å²) >= 11 is 1.33. The van der Waals surface area contributed by atoms with Gasteiger partial charge in [-0.15, -0.1) is 16.4 Å². The fourth-order valence-electron chi connectivity index (χ4n) is 2.35. The Morgan fingerprint density at radius 2 is 2.16 bits per heavy atom. The topological polar surface area (TPSA) is 90.4 Å². The van der Waals surface area contributed by atoms with Gasteiger partial charge in [0.2, 0.25) is 0 Å². The van der Waals surface area contributed by atoms with Gasteiger partial charge in [-0.2, -0.15) is 0 Å². The van der Waals surface area contributed by atoms with Crippen molar-refractivity contribution in [2.24, 2.45) is 0 Å². The zero-order valence-electron chi connectivity index (χ0n) is 13.2. The minimum absolute atomic E-state index is 0.0129. The molecule has 0 saturated heterocycles. The van der Waals surface area contributed by atoms with Crippen molar-refractivity contribution in [2.45, 2.75) is 6.92 Å². The van der Waals surface area contributed by atoms with Gasteiger partial charge in [-0.05, 0) is 30.5 Å². The summed E-state index contributed by atoms with van der Waals surface area (Å²) in [6.07, 6.45) is 0. The van der Waals surface area contributed by atoms with Crippen LogP contribution in [0.25, 0.3) is 22.6 Å². The highest BCUT2D eigenvalue weighted by molar-refractivity contribution is 7.12. The van der Waals surface area contributed by atoms with Crippen LogP contribution in [-0.4, -0.2) is 22.7 Å². The van der Waals surface area contributed by atoms with E-state index in [0.717, 1.165) is 5.39 Å². The molecule has 0 bridgehead atoms. The highest BCUT2D eigenvalue weighted by atomic mass is 32.1. The number of para-hydroxylation sites is 1. The van der Waals surface area contributed by atoms with Gasteiger partial charge in [-0.3, -0.25) is 10.1 Å². The minimum atomic E-state index is -0.298. The molecule has 3 heterocycles. The quantitative estimate of drug-likeness (QED) is 0.577. The molecule has 1 aromatic carbocycles. The number of nitrogens with one attached hydrogen (secondary N) is 1. The normalized spacial score (nSPS) is 10.9. The second-order valence-electron chi connectivity index (χ2n) is 5.06. The smallest absolute Gasteiger partial charge is 0.322 e. The molecule has 1 amide bonds. The maximum Gasteiger partial charge on any atom is 0.322 e. The van der Waals surface area contributed by atoms with Crippen LogP contribution in [0.3, 0.4) is 0 Å². The van der Waals surface area contributed by atoms with Gasteiger partial charge in [-0.25, -0.2) is 0 Å². The second-order valence-corrected chi connectivity index (χ2v) is 6.01. The first kappa shape index (κ1) is 15.4. The molecule has 3 aromatic heterocycles. The number of anilines is 1. The largest absolute Gasteiger partial charge is 0.490 e. The van der Waals surface area contributed by atoms with Gasteiger partial charge in [0.05, 0.1) is 11.5 Å². The monoisotopic (exact) mass is 355 g/mol. The number of benzene rings is 1. The fourth-order valence-corrected chi connectivity index (χ4v) is 2.97. The molecule has 4 aromatic rings. The van der Waals surface area contributed by atoms with Crippen molar-refractivity contribution in [1.82, 2.24) is 10.2 Å². The number of rotatable bonds is 5. The zero-order chi connectivity index (χ0) is 17.2. The number of carbonyl (C=O) groups excluding carboxylic acids is 1. The van der Waals surface area contributed by atoms with Gasteiger partial charge in [0.25, 0.3) is 11.8 Å². The van der Waals surface area contributed by atoms with Crippen LogP contribution in [0, 0.1) is 0 Å². The van der Waals surface area contributed by atoms with Gasteiger partial charge in [0.15, 0.2) is 17.1 Å². The third-order valence-corrected chi connectivity index (χ3v) is 4.28. The van der Waals surface area contributed by atoms with Crippen LogP contribution >= 0.6 is 11.3 Å². The van der Waals surface area contributed by atoms with Gasteiger partial charge in [0.1, 0.15) is 0 Å². The summed E-state index contributed by atoms with van der Waals surface area (Å²) in [4.78, 5) is 12.6. The Bertz CT molecular complexity index is 1020. The van der Waals surface area contributed by atoms with Crippen molar-refractivity contribution in [1.29, 1.82) is 0 Å². The van der Waals surface area contributed by atoms with E-state index in [0.29, 0.717) is 28.6 Å². The summed E-state index contributed by atoms with van der Waals surface area (Å²) in [6.45, 7) is 2.44. The molecule has 0 aliphatic heterocycles. The Balaban J connectivity index is 1.60. The number of carbonyl (C=O) groups is 1. The van der Waals surface area contributed by atoms with E-state index in [1.54, 1.807) is 18.2 Å². The Morgan fingerprint density at radius 3 is 2.96 bits per heavy atom. The van der Waals surface area contributed by atoms with E-state index in [1.807, 2.05) is 30.5 Å². The average molecular weight is 355 g/mol. The van der Waals surface area contributed by atoms with Crippen LogP contribution in [0.4, 0.5) is 6.01 Å². The summed E-state index contributed by atoms with van der Waals surface area (Å²) in [6, 6.07) is 10.9. The summed E-state index contributed by atoms with van der Waals surface area (Å²) in [5.41, 5.74) is 0.613. The summed E-state index contributed by atoms with van der Waals surface area (Å²) < 4.78 is 16.8. The fraction of sp³-hybridized carbons (Fsp3) is 0.118. The van der Waals surface area contributed by atoms with E-state index in [-0.39, 0.29) is 17.8 Å². The molecule has 0 spiro atoms. The first-order valence-corrected chi connectivity index (χ1v) is 8.46. The van der Waals surface area contributed by atoms with E-state index in [2.05, 4.69) is 15.5 Å². The Hall–Kier alpha value is -3.13. The van der Waals surface area contributed by atoms with Crippen LogP contribution < -0.4 is 10.1 Å². The van der Waals surface area contributed by atoms with Crippen LogP contribution in [0.5, 0.6) is 5.75 Å². The van der Waals surface area contributed by atoms with Crippen molar-refractivity contribution in [3.8, 4) is 17.4 Å². The van der Waals surface area contributed by atoms with E-state index in [9.17, 15) is 4.79 Å². The number of aromatic nitrogens is 2. The van der Waals surface area contributed by atoms with Crippen molar-refractivity contribution < 1.29 is 18.4 Å². The Kier molecular flexibility index (Phi) is 3.95. The molecular weight excluding hydrogens is 342 g/mol. The molecule has 0 saturated carbocycles. The minimum Gasteiger partial charge on any atom is -0.490 e. The molecule has 4 rings (SSSR count). The third kappa shape index (κ3) is 2.99. The number of furan rings is 1. The number of hydrogen-bond donors (Lipinski definition) is 1. The number of amides is 1. The SMILES string of the molecule is CCOc1cccc2cc(-c3nnc(NC(=O)c4cccs4)o3)oc12. The molecule has 0 unspecified atom stereocenters. The maximum atomic E-state index is 12.0. The van der Waals surface area contributed by atoms with Crippen molar-refractivity contribution in [3.05, 3.63) is 46.7 Å². The molecule has 0 radical (unpaired) electrons. The molecule has 0 aliphatic rings. The molecule has 1 N–H and O–H groups in total. The first-order chi connectivity index (χ1) is 12.2. The molecule has 126 valence electrons. The molecule has 25 heavy (non-hydrogen) atoms. The standard InChI is InChI=1S/C17H13N3O4S/c1-2-22-11-6-3-5-10-9-12(23-14(10)11)16-19-20-17(24-16)18-15(21)13-7-4-8-25-13/h3-9H,2H2,1H3,(H,18,20,21). The number of thiophene rings is 1. The van der Waals surface area contributed by atoms with Gasteiger partial charge in [-0.1, -0.05) is 23.3 Å². The number of nitrogens with zero attached hydrogens (tertiary/aromatic N) is 2. The molecule has 0 fully saturated rings. The zero-order valence-corrected chi connectivity index (χ0v) is 14.0. The number of fused-ring (bicyclic) bond motifs is 1. The molecule has 0 atom stereocenters. The van der Waals surface area contributed by atoms with E-state index < -0.39 is 0 Å². The predicted molar refractivity (Wildman–Crippen MR) is 92.9 cm³/mol. The number of ether oxygens (including phenoxy) is 1. The van der Waals surface area contributed by atoms with E-state index in [1.165, 1.54) is 11.3 Å². The van der Waals surface area contributed by atoms with Crippen molar-refractivity contribution >= 4 is 34.2 Å². The number of hydrogen-bond acceptors (Lipinski definition) is 7. The van der Waals surface area contributed by atoms with Gasteiger partial charge < -0.3 is 13.6 Å². The van der Waals surface area contributed by atoms with Crippen LogP contribution in [-0.2, 0) is 0 Å². The third-order valence-electron chi connectivity index (χ3n) is 3.41. The highest BCUT2D eigenvalue weighted by Gasteiger charge is 2.17. The van der Waals surface area contributed by atoms with E-state index in [4.69, 9.17) is 13.6 Å². The molecule has 0 aliphatic carbocycles. The lowest BCUT2D eigenvalue weighted by Crippen LogP contribution is -2.10. The van der Waals surface area contributed by atoms with Gasteiger partial charge >= 0.3 is 6.01 Å². The van der Waals surface area contributed by atoms with Gasteiger partial charge in [0, 0.05) is 5.39 Å². The predicted octanol–water partition coefficient (Wildman–Crippen LogP) is 4.20. The molecule has 7 nitrogen and oxygen atoms in total. The summed E-state index contributed by atoms with van der Waals surface area (Å²) in [5, 5.41) is 13.0. The summed E-state index contributed by atoms with van der Waals surface area (Å²) in [5.74, 6) is 0.942. The second kappa shape index (κ2) is 6.40. The lowest BCUT2D eigenvalue weighted by atomic mass is 10.2. The van der Waals surface area contributed by atoms with Crippen molar-refractivity contribution in [2.75, 3.05) is 11.9 Å². The van der Waals surface area contributed by atoms with E-state index >= 15 is 0 Å². The van der Waals surface area contributed by atoms with Crippen molar-refractivity contribution in [3.63, 3.8) is 0 Å². The maximum absolute atomic E-state index is 12.0. The Labute approximate surface area is 146 Å². The van der Waals surface area contributed by atoms with Crippen LogP contribution in [0.2, 0.25) is 0 Å². The Morgan fingerprint density at radius 1 is 1.24 bits per heavy atom. The van der Waals surface area contributed by atoms with Crippen LogP contribution in [0.1, 0.15) is 16.6 Å². The molecular formula is C17H13N3O4S. The van der Waals surface area contributed by atoms with Crippen LogP contribution in [0.15, 0.2) is 50.6 Å². The molecule has 8 heteroatoms. The highest BCUT2D eigenvalue weighted by Crippen LogP contribution is 2.33.